The van der Waals surface area contributed by atoms with Crippen molar-refractivity contribution in [1.29, 1.82) is 0 Å². The summed E-state index contributed by atoms with van der Waals surface area (Å²) in [7, 11) is 7.17. The Bertz CT molecular complexity index is 749. The molecule has 0 radical (unpaired) electrons. The molecule has 8 nitrogen and oxygen atoms in total. The Labute approximate surface area is 191 Å². The maximum absolute atomic E-state index is 13.1. The van der Waals surface area contributed by atoms with Crippen molar-refractivity contribution in [2.24, 2.45) is 5.92 Å². The van der Waals surface area contributed by atoms with E-state index in [1.807, 2.05) is 19.0 Å². The number of carbonyl (C=O) groups excluding carboxylic acids is 2. The Hall–Kier alpha value is -2.32. The molecule has 1 aliphatic carbocycles. The van der Waals surface area contributed by atoms with E-state index < -0.39 is 0 Å². The minimum atomic E-state index is -0.103. The molecular formula is C24H38N4O4. The molecule has 1 aliphatic heterocycles. The van der Waals surface area contributed by atoms with E-state index in [-0.39, 0.29) is 17.9 Å². The predicted molar refractivity (Wildman–Crippen MR) is 124 cm³/mol. The number of nitrogens with zero attached hydrogens (tertiary/aromatic N) is 3. The van der Waals surface area contributed by atoms with Crippen LogP contribution in [0.3, 0.4) is 0 Å². The van der Waals surface area contributed by atoms with Gasteiger partial charge in [-0.3, -0.25) is 14.5 Å². The van der Waals surface area contributed by atoms with Gasteiger partial charge in [-0.05, 0) is 45.0 Å². The van der Waals surface area contributed by atoms with Crippen LogP contribution in [0.15, 0.2) is 18.2 Å². The van der Waals surface area contributed by atoms with E-state index in [0.29, 0.717) is 55.7 Å². The average Bonchev–Trinajstić information content (AvgIpc) is 3.33. The summed E-state index contributed by atoms with van der Waals surface area (Å²) in [4.78, 5) is 32.5. The topological polar surface area (TPSA) is 74.3 Å². The van der Waals surface area contributed by atoms with E-state index in [1.165, 1.54) is 12.8 Å². The maximum Gasteiger partial charge on any atom is 0.254 e. The lowest BCUT2D eigenvalue weighted by Crippen LogP contribution is -2.58. The third-order valence-corrected chi connectivity index (χ3v) is 6.57. The van der Waals surface area contributed by atoms with Crippen LogP contribution >= 0.6 is 0 Å². The standard InChI is InChI=1S/C24H38N4O4/c1-26(2)10-9-25-23(29)22(18-7-5-6-8-18)27-11-13-28(14-12-27)24(30)19-15-20(31-3)17-21(16-19)32-4/h15-18,22H,5-14H2,1-4H3,(H,25,29). The summed E-state index contributed by atoms with van der Waals surface area (Å²) in [5.74, 6) is 1.70. The summed E-state index contributed by atoms with van der Waals surface area (Å²) < 4.78 is 10.6. The number of nitrogens with one attached hydrogen (secondary N) is 1. The van der Waals surface area contributed by atoms with E-state index in [9.17, 15) is 9.59 Å². The average molecular weight is 447 g/mol. The lowest BCUT2D eigenvalue weighted by molar-refractivity contribution is -0.129. The molecule has 1 heterocycles. The summed E-state index contributed by atoms with van der Waals surface area (Å²) in [6.07, 6.45) is 4.60. The Morgan fingerprint density at radius 1 is 1.03 bits per heavy atom. The third kappa shape index (κ3) is 6.13. The summed E-state index contributed by atoms with van der Waals surface area (Å²) in [5.41, 5.74) is 0.559. The van der Waals surface area contributed by atoms with Gasteiger partial charge in [0.2, 0.25) is 5.91 Å². The van der Waals surface area contributed by atoms with Crippen LogP contribution in [-0.2, 0) is 4.79 Å². The zero-order chi connectivity index (χ0) is 23.1. The highest BCUT2D eigenvalue weighted by Crippen LogP contribution is 2.31. The SMILES string of the molecule is COc1cc(OC)cc(C(=O)N2CCN(C(C(=O)NCCN(C)C)C3CCCC3)CC2)c1. The van der Waals surface area contributed by atoms with Crippen molar-refractivity contribution < 1.29 is 19.1 Å². The maximum atomic E-state index is 13.1. The Morgan fingerprint density at radius 3 is 2.16 bits per heavy atom. The number of benzene rings is 1. The summed E-state index contributed by atoms with van der Waals surface area (Å²) in [5, 5.41) is 3.14. The molecule has 1 unspecified atom stereocenters. The second-order valence-electron chi connectivity index (χ2n) is 9.01. The van der Waals surface area contributed by atoms with Crippen molar-refractivity contribution in [2.45, 2.75) is 31.7 Å². The monoisotopic (exact) mass is 446 g/mol. The highest BCUT2D eigenvalue weighted by molar-refractivity contribution is 5.95. The molecule has 1 aromatic carbocycles. The first kappa shape index (κ1) is 24.3. The molecule has 1 saturated carbocycles. The van der Waals surface area contributed by atoms with Crippen molar-refractivity contribution in [3.8, 4) is 11.5 Å². The largest absolute Gasteiger partial charge is 0.497 e. The lowest BCUT2D eigenvalue weighted by atomic mass is 9.95. The Balaban J connectivity index is 1.64. The molecule has 1 atom stereocenters. The van der Waals surface area contributed by atoms with Crippen molar-refractivity contribution >= 4 is 11.8 Å². The molecule has 2 fully saturated rings. The number of piperazine rings is 1. The highest BCUT2D eigenvalue weighted by atomic mass is 16.5. The first-order valence-electron chi connectivity index (χ1n) is 11.6. The third-order valence-electron chi connectivity index (χ3n) is 6.57. The van der Waals surface area contributed by atoms with Crippen LogP contribution in [0, 0.1) is 5.92 Å². The van der Waals surface area contributed by atoms with Crippen molar-refractivity contribution in [2.75, 3.05) is 67.6 Å². The number of hydrogen-bond donors (Lipinski definition) is 1. The fourth-order valence-electron chi connectivity index (χ4n) is 4.78. The number of hydrogen-bond acceptors (Lipinski definition) is 6. The van der Waals surface area contributed by atoms with Crippen molar-refractivity contribution in [3.63, 3.8) is 0 Å². The lowest BCUT2D eigenvalue weighted by Gasteiger charge is -2.40. The fourth-order valence-corrected chi connectivity index (χ4v) is 4.78. The zero-order valence-electron chi connectivity index (χ0n) is 19.9. The van der Waals surface area contributed by atoms with Crippen LogP contribution in [0.5, 0.6) is 11.5 Å². The van der Waals surface area contributed by atoms with Crippen LogP contribution in [0.2, 0.25) is 0 Å². The van der Waals surface area contributed by atoms with Crippen molar-refractivity contribution in [1.82, 2.24) is 20.0 Å². The van der Waals surface area contributed by atoms with Crippen LogP contribution in [-0.4, -0.2) is 100 Å². The van der Waals surface area contributed by atoms with Gasteiger partial charge in [0.15, 0.2) is 0 Å². The Morgan fingerprint density at radius 2 is 1.62 bits per heavy atom. The predicted octanol–water partition coefficient (Wildman–Crippen LogP) is 1.70. The Kier molecular flexibility index (Phi) is 8.75. The highest BCUT2D eigenvalue weighted by Gasteiger charge is 2.37. The number of rotatable bonds is 9. The summed E-state index contributed by atoms with van der Waals surface area (Å²) >= 11 is 0. The van der Waals surface area contributed by atoms with Crippen molar-refractivity contribution in [3.05, 3.63) is 23.8 Å². The van der Waals surface area contributed by atoms with Gasteiger partial charge in [-0.2, -0.15) is 0 Å². The van der Waals surface area contributed by atoms with Crippen LogP contribution in [0.25, 0.3) is 0 Å². The molecule has 2 amide bonds. The second kappa shape index (κ2) is 11.5. The number of amides is 2. The summed E-state index contributed by atoms with van der Waals surface area (Å²) in [6, 6.07) is 5.15. The van der Waals surface area contributed by atoms with Gasteiger partial charge in [0.05, 0.1) is 20.3 Å². The van der Waals surface area contributed by atoms with Gasteiger partial charge in [0.25, 0.3) is 5.91 Å². The number of ether oxygens (including phenoxy) is 2. The smallest absolute Gasteiger partial charge is 0.254 e. The van der Waals surface area contributed by atoms with Gasteiger partial charge in [-0.15, -0.1) is 0 Å². The van der Waals surface area contributed by atoms with E-state index in [2.05, 4.69) is 15.1 Å². The summed E-state index contributed by atoms with van der Waals surface area (Å²) in [6.45, 7) is 4.10. The molecule has 1 N–H and O–H groups in total. The van der Waals surface area contributed by atoms with Crippen LogP contribution in [0.1, 0.15) is 36.0 Å². The van der Waals surface area contributed by atoms with Gasteiger partial charge in [0.1, 0.15) is 11.5 Å². The molecule has 178 valence electrons. The molecule has 0 spiro atoms. The molecule has 0 aromatic heterocycles. The first-order chi connectivity index (χ1) is 15.4. The van der Waals surface area contributed by atoms with E-state index >= 15 is 0 Å². The normalized spacial score (nSPS) is 18.6. The molecule has 1 saturated heterocycles. The minimum Gasteiger partial charge on any atom is -0.497 e. The van der Waals surface area contributed by atoms with Gasteiger partial charge >= 0.3 is 0 Å². The zero-order valence-corrected chi connectivity index (χ0v) is 19.9. The number of likely N-dealkylation sites (N-methyl/N-ethyl adjacent to an activating group) is 1. The molecule has 8 heteroatoms. The minimum absolute atomic E-state index is 0.0327. The van der Waals surface area contributed by atoms with Crippen LogP contribution in [0.4, 0.5) is 0 Å². The van der Waals surface area contributed by atoms with Gasteiger partial charge in [0, 0.05) is 50.9 Å². The number of carbonyl (C=O) groups is 2. The van der Waals surface area contributed by atoms with Gasteiger partial charge in [-0.1, -0.05) is 12.8 Å². The second-order valence-corrected chi connectivity index (χ2v) is 9.01. The van der Waals surface area contributed by atoms with Crippen LogP contribution < -0.4 is 14.8 Å². The molecule has 32 heavy (non-hydrogen) atoms. The van der Waals surface area contributed by atoms with Gasteiger partial charge < -0.3 is 24.6 Å². The fraction of sp³-hybridized carbons (Fsp3) is 0.667. The van der Waals surface area contributed by atoms with E-state index in [0.717, 1.165) is 19.4 Å². The molecule has 1 aromatic rings. The molecule has 3 rings (SSSR count). The van der Waals surface area contributed by atoms with E-state index in [4.69, 9.17) is 9.47 Å². The molecular weight excluding hydrogens is 408 g/mol. The molecule has 0 bridgehead atoms. The van der Waals surface area contributed by atoms with E-state index in [1.54, 1.807) is 32.4 Å². The quantitative estimate of drug-likeness (QED) is 0.622. The number of methoxy groups -OCH3 is 2. The van der Waals surface area contributed by atoms with Gasteiger partial charge in [-0.25, -0.2) is 0 Å². The first-order valence-corrected chi connectivity index (χ1v) is 11.6. The molecule has 2 aliphatic rings.